The normalized spacial score (nSPS) is 17.2. The predicted molar refractivity (Wildman–Crippen MR) is 117 cm³/mol. The minimum atomic E-state index is 0.107. The quantitative estimate of drug-likeness (QED) is 0.592. The Morgan fingerprint density at radius 1 is 1.10 bits per heavy atom. The van der Waals surface area contributed by atoms with E-state index in [9.17, 15) is 5.26 Å². The molecule has 29 heavy (non-hydrogen) atoms. The van der Waals surface area contributed by atoms with Crippen LogP contribution in [0, 0.1) is 11.3 Å². The highest BCUT2D eigenvalue weighted by Crippen LogP contribution is 2.29. The van der Waals surface area contributed by atoms with Gasteiger partial charge in [-0.3, -0.25) is 0 Å². The van der Waals surface area contributed by atoms with Crippen LogP contribution < -0.4 is 16.0 Å². The molecule has 0 saturated carbocycles. The van der Waals surface area contributed by atoms with Gasteiger partial charge in [0.1, 0.15) is 5.82 Å². The maximum Gasteiger partial charge on any atom is 0.149 e. The van der Waals surface area contributed by atoms with Crippen LogP contribution in [0.25, 0.3) is 0 Å². The lowest BCUT2D eigenvalue weighted by Crippen LogP contribution is -2.45. The van der Waals surface area contributed by atoms with E-state index < -0.39 is 0 Å². The zero-order valence-corrected chi connectivity index (χ0v) is 16.5. The van der Waals surface area contributed by atoms with Crippen LogP contribution in [0.2, 0.25) is 0 Å². The summed E-state index contributed by atoms with van der Waals surface area (Å²) in [5.41, 5.74) is 4.09. The molecular formula is C24H25N5. The summed E-state index contributed by atoms with van der Waals surface area (Å²) in [5.74, 6) is 1.10. The number of hydrogen-bond acceptors (Lipinski definition) is 5. The molecule has 2 heterocycles. The Balaban J connectivity index is 1.54. The van der Waals surface area contributed by atoms with E-state index in [0.717, 1.165) is 35.7 Å². The van der Waals surface area contributed by atoms with Crippen LogP contribution in [0.15, 0.2) is 72.9 Å². The second kappa shape index (κ2) is 8.76. The van der Waals surface area contributed by atoms with Crippen molar-refractivity contribution in [3.63, 3.8) is 0 Å². The number of aromatic nitrogens is 1. The molecule has 1 aromatic heterocycles. The minimum Gasteiger partial charge on any atom is -0.380 e. The summed E-state index contributed by atoms with van der Waals surface area (Å²) in [4.78, 5) is 4.47. The van der Waals surface area contributed by atoms with Gasteiger partial charge in [0, 0.05) is 19.3 Å². The largest absolute Gasteiger partial charge is 0.380 e. The van der Waals surface area contributed by atoms with Gasteiger partial charge in [0.2, 0.25) is 0 Å². The zero-order valence-electron chi connectivity index (χ0n) is 16.5. The standard InChI is InChI=1S/C24H25N5/c1-17(20-11-6-5-10-19(20)14-25)15-28-23(18-8-3-2-4-9-18)22-16-27-21-12-7-13-26-24(21)29-22/h2-13,17,22-23,27-28H,15-16H2,1H3,(H,26,29)/t17?,22-,23-/m1/s1. The summed E-state index contributed by atoms with van der Waals surface area (Å²) >= 11 is 0. The molecule has 0 fully saturated rings. The Morgan fingerprint density at radius 2 is 1.90 bits per heavy atom. The van der Waals surface area contributed by atoms with Crippen molar-refractivity contribution in [1.82, 2.24) is 10.3 Å². The van der Waals surface area contributed by atoms with Gasteiger partial charge in [-0.05, 0) is 35.2 Å². The molecule has 2 aromatic carbocycles. The Hall–Kier alpha value is -3.36. The summed E-state index contributed by atoms with van der Waals surface area (Å²) in [5, 5.41) is 20.3. The van der Waals surface area contributed by atoms with Crippen LogP contribution in [0.1, 0.15) is 35.6 Å². The first-order chi connectivity index (χ1) is 14.3. The monoisotopic (exact) mass is 383 g/mol. The van der Waals surface area contributed by atoms with Gasteiger partial charge in [-0.15, -0.1) is 0 Å². The number of nitriles is 1. The third kappa shape index (κ3) is 4.23. The van der Waals surface area contributed by atoms with Crippen molar-refractivity contribution < 1.29 is 0 Å². The van der Waals surface area contributed by atoms with Gasteiger partial charge in [-0.1, -0.05) is 55.5 Å². The SMILES string of the molecule is CC(CN[C@H](c1ccccc1)[C@H]1CNc2cccnc2N1)c1ccccc1C#N. The third-order valence-electron chi connectivity index (χ3n) is 5.46. The average molecular weight is 383 g/mol. The molecule has 5 heteroatoms. The molecule has 5 nitrogen and oxygen atoms in total. The fraction of sp³-hybridized carbons (Fsp3) is 0.250. The molecule has 0 bridgehead atoms. The Bertz CT molecular complexity index is 995. The molecule has 0 aliphatic carbocycles. The molecule has 3 aromatic rings. The maximum atomic E-state index is 9.42. The van der Waals surface area contributed by atoms with Crippen molar-refractivity contribution in [3.05, 3.63) is 89.6 Å². The van der Waals surface area contributed by atoms with Crippen molar-refractivity contribution >= 4 is 11.5 Å². The first kappa shape index (κ1) is 19.0. The molecule has 1 unspecified atom stereocenters. The average Bonchev–Trinajstić information content (AvgIpc) is 2.79. The summed E-state index contributed by atoms with van der Waals surface area (Å²) < 4.78 is 0. The summed E-state index contributed by atoms with van der Waals surface area (Å²) in [6.07, 6.45) is 1.81. The van der Waals surface area contributed by atoms with Crippen molar-refractivity contribution in [1.29, 1.82) is 5.26 Å². The highest BCUT2D eigenvalue weighted by Gasteiger charge is 2.27. The van der Waals surface area contributed by atoms with Crippen LogP contribution in [0.5, 0.6) is 0 Å². The molecule has 0 amide bonds. The fourth-order valence-electron chi connectivity index (χ4n) is 3.91. The molecule has 4 rings (SSSR count). The number of fused-ring (bicyclic) bond motifs is 1. The lowest BCUT2D eigenvalue weighted by Gasteiger charge is -2.35. The van der Waals surface area contributed by atoms with Crippen molar-refractivity contribution in [2.24, 2.45) is 0 Å². The van der Waals surface area contributed by atoms with E-state index in [0.29, 0.717) is 0 Å². The smallest absolute Gasteiger partial charge is 0.149 e. The van der Waals surface area contributed by atoms with Gasteiger partial charge >= 0.3 is 0 Å². The minimum absolute atomic E-state index is 0.107. The maximum absolute atomic E-state index is 9.42. The summed E-state index contributed by atoms with van der Waals surface area (Å²) in [6, 6.07) is 24.9. The second-order valence-corrected chi connectivity index (χ2v) is 7.43. The van der Waals surface area contributed by atoms with Crippen LogP contribution in [0.3, 0.4) is 0 Å². The molecule has 3 N–H and O–H groups in total. The van der Waals surface area contributed by atoms with Gasteiger partial charge in [-0.2, -0.15) is 5.26 Å². The molecule has 1 aliphatic rings. The van der Waals surface area contributed by atoms with Crippen LogP contribution >= 0.6 is 0 Å². The van der Waals surface area contributed by atoms with E-state index in [2.05, 4.69) is 58.2 Å². The molecule has 3 atom stereocenters. The number of hydrogen-bond donors (Lipinski definition) is 3. The highest BCUT2D eigenvalue weighted by atomic mass is 15.2. The van der Waals surface area contributed by atoms with Crippen LogP contribution in [-0.2, 0) is 0 Å². The lowest BCUT2D eigenvalue weighted by molar-refractivity contribution is 0.453. The Morgan fingerprint density at radius 3 is 2.72 bits per heavy atom. The van der Waals surface area contributed by atoms with Crippen molar-refractivity contribution in [3.8, 4) is 6.07 Å². The topological polar surface area (TPSA) is 72.8 Å². The van der Waals surface area contributed by atoms with E-state index in [1.54, 1.807) is 0 Å². The van der Waals surface area contributed by atoms with E-state index in [-0.39, 0.29) is 18.0 Å². The van der Waals surface area contributed by atoms with Gasteiger partial charge in [-0.25, -0.2) is 4.98 Å². The molecular weight excluding hydrogens is 358 g/mol. The van der Waals surface area contributed by atoms with Crippen molar-refractivity contribution in [2.45, 2.75) is 24.9 Å². The number of benzene rings is 2. The van der Waals surface area contributed by atoms with Gasteiger partial charge in [0.15, 0.2) is 0 Å². The third-order valence-corrected chi connectivity index (χ3v) is 5.46. The summed E-state index contributed by atoms with van der Waals surface area (Å²) in [7, 11) is 0. The molecule has 0 spiro atoms. The van der Waals surface area contributed by atoms with E-state index in [1.165, 1.54) is 5.56 Å². The molecule has 0 saturated heterocycles. The van der Waals surface area contributed by atoms with Gasteiger partial charge < -0.3 is 16.0 Å². The van der Waals surface area contributed by atoms with Crippen molar-refractivity contribution in [2.75, 3.05) is 23.7 Å². The number of nitrogens with zero attached hydrogens (tertiary/aromatic N) is 2. The molecule has 0 radical (unpaired) electrons. The Kier molecular flexibility index (Phi) is 5.73. The number of anilines is 2. The van der Waals surface area contributed by atoms with E-state index in [4.69, 9.17) is 0 Å². The van der Waals surface area contributed by atoms with Crippen LogP contribution in [-0.4, -0.2) is 24.1 Å². The zero-order chi connectivity index (χ0) is 20.1. The number of nitrogens with one attached hydrogen (secondary N) is 3. The van der Waals surface area contributed by atoms with Crippen LogP contribution in [0.4, 0.5) is 11.5 Å². The number of pyridine rings is 1. The first-order valence-corrected chi connectivity index (χ1v) is 9.99. The second-order valence-electron chi connectivity index (χ2n) is 7.43. The van der Waals surface area contributed by atoms with Gasteiger partial charge in [0.25, 0.3) is 0 Å². The van der Waals surface area contributed by atoms with E-state index in [1.807, 2.05) is 48.7 Å². The summed E-state index contributed by atoms with van der Waals surface area (Å²) in [6.45, 7) is 3.73. The fourth-order valence-corrected chi connectivity index (χ4v) is 3.91. The molecule has 1 aliphatic heterocycles. The Labute approximate surface area is 171 Å². The predicted octanol–water partition coefficient (Wildman–Crippen LogP) is 4.29. The highest BCUT2D eigenvalue weighted by molar-refractivity contribution is 5.67. The van der Waals surface area contributed by atoms with E-state index >= 15 is 0 Å². The lowest BCUT2D eigenvalue weighted by atomic mass is 9.93. The number of rotatable bonds is 6. The molecule has 146 valence electrons. The van der Waals surface area contributed by atoms with Gasteiger partial charge in [0.05, 0.1) is 29.4 Å². The first-order valence-electron chi connectivity index (χ1n) is 9.99.